The van der Waals surface area contributed by atoms with Crippen molar-refractivity contribution in [1.29, 1.82) is 0 Å². The Morgan fingerprint density at radius 3 is 2.71 bits per heavy atom. The second-order valence-corrected chi connectivity index (χ2v) is 7.48. The molecule has 6 nitrogen and oxygen atoms in total. The van der Waals surface area contributed by atoms with Gasteiger partial charge in [0.05, 0.1) is 5.01 Å². The van der Waals surface area contributed by atoms with E-state index in [1.807, 2.05) is 12.3 Å². The van der Waals surface area contributed by atoms with Crippen molar-refractivity contribution in [3.63, 3.8) is 0 Å². The van der Waals surface area contributed by atoms with Crippen molar-refractivity contribution in [2.24, 2.45) is 5.73 Å². The Morgan fingerprint density at radius 2 is 2.14 bits per heavy atom. The summed E-state index contributed by atoms with van der Waals surface area (Å²) in [6, 6.07) is 0. The second kappa shape index (κ2) is 6.27. The van der Waals surface area contributed by atoms with Gasteiger partial charge in [-0.05, 0) is 13.8 Å². The summed E-state index contributed by atoms with van der Waals surface area (Å²) in [6.45, 7) is 5.68. The van der Waals surface area contributed by atoms with Crippen LogP contribution in [-0.2, 0) is 16.6 Å². The number of rotatable bonds is 6. The molecule has 2 heterocycles. The first-order valence-corrected chi connectivity index (χ1v) is 8.91. The minimum atomic E-state index is -3.65. The number of furan rings is 1. The van der Waals surface area contributed by atoms with Crippen LogP contribution in [0.5, 0.6) is 0 Å². The molecule has 0 fully saturated rings. The number of nitrogens with two attached hydrogens (primary N) is 1. The summed E-state index contributed by atoms with van der Waals surface area (Å²) in [6.07, 6.45) is 1.71. The summed E-state index contributed by atoms with van der Waals surface area (Å²) in [7, 11) is -3.65. The van der Waals surface area contributed by atoms with Crippen LogP contribution < -0.4 is 10.5 Å². The van der Waals surface area contributed by atoms with E-state index in [-0.39, 0.29) is 23.9 Å². The van der Waals surface area contributed by atoms with E-state index in [2.05, 4.69) is 9.71 Å². The number of nitrogens with one attached hydrogen (secondary N) is 1. The largest absolute Gasteiger partial charge is 0.465 e. The summed E-state index contributed by atoms with van der Waals surface area (Å²) in [5.74, 6) is 0.917. The lowest BCUT2D eigenvalue weighted by Gasteiger charge is -2.11. The van der Waals surface area contributed by atoms with Gasteiger partial charge in [0.25, 0.3) is 0 Å². The van der Waals surface area contributed by atoms with Crippen LogP contribution >= 0.6 is 11.3 Å². The number of hydrogen-bond donors (Lipinski definition) is 2. The third-order valence-corrected chi connectivity index (χ3v) is 5.88. The first-order chi connectivity index (χ1) is 9.86. The molecule has 0 spiro atoms. The topological polar surface area (TPSA) is 98.2 Å². The molecule has 0 saturated heterocycles. The number of hydrogen-bond acceptors (Lipinski definition) is 6. The third kappa shape index (κ3) is 3.34. The van der Waals surface area contributed by atoms with Crippen molar-refractivity contribution in [3.05, 3.63) is 33.7 Å². The van der Waals surface area contributed by atoms with E-state index in [4.69, 9.17) is 10.2 Å². The molecule has 1 atom stereocenters. The van der Waals surface area contributed by atoms with Crippen LogP contribution in [0.1, 0.15) is 34.9 Å². The van der Waals surface area contributed by atoms with Crippen LogP contribution in [0.15, 0.2) is 20.9 Å². The molecule has 0 aliphatic heterocycles. The van der Waals surface area contributed by atoms with Gasteiger partial charge in [0, 0.05) is 36.1 Å². The highest BCUT2D eigenvalue weighted by molar-refractivity contribution is 7.89. The van der Waals surface area contributed by atoms with Gasteiger partial charge in [0.1, 0.15) is 16.4 Å². The Bertz CT molecular complexity index is 705. The van der Waals surface area contributed by atoms with Crippen LogP contribution in [0.2, 0.25) is 0 Å². The molecular weight excluding hydrogens is 310 g/mol. The lowest BCUT2D eigenvalue weighted by Crippen LogP contribution is -2.29. The monoisotopic (exact) mass is 329 g/mol. The zero-order valence-electron chi connectivity index (χ0n) is 12.2. The third-order valence-electron chi connectivity index (χ3n) is 3.25. The molecule has 2 aromatic heterocycles. The summed E-state index contributed by atoms with van der Waals surface area (Å²) < 4.78 is 33.0. The van der Waals surface area contributed by atoms with Crippen molar-refractivity contribution in [1.82, 2.24) is 9.71 Å². The van der Waals surface area contributed by atoms with Crippen LogP contribution in [0.3, 0.4) is 0 Å². The van der Waals surface area contributed by atoms with E-state index < -0.39 is 10.0 Å². The van der Waals surface area contributed by atoms with Crippen molar-refractivity contribution in [2.45, 2.75) is 38.1 Å². The van der Waals surface area contributed by atoms with Crippen LogP contribution in [-0.4, -0.2) is 19.9 Å². The number of aryl methyl sites for hydroxylation is 2. The van der Waals surface area contributed by atoms with Gasteiger partial charge < -0.3 is 10.2 Å². The molecule has 0 bridgehead atoms. The van der Waals surface area contributed by atoms with E-state index in [1.165, 1.54) is 11.3 Å². The van der Waals surface area contributed by atoms with Crippen LogP contribution in [0, 0.1) is 13.8 Å². The Kier molecular flexibility index (Phi) is 4.82. The van der Waals surface area contributed by atoms with Crippen molar-refractivity contribution < 1.29 is 12.8 Å². The van der Waals surface area contributed by atoms with E-state index in [0.717, 1.165) is 5.01 Å². The van der Waals surface area contributed by atoms with Gasteiger partial charge >= 0.3 is 0 Å². The lowest BCUT2D eigenvalue weighted by atomic mass is 10.2. The Hall–Kier alpha value is -1.22. The molecule has 0 amide bonds. The first kappa shape index (κ1) is 16.2. The highest BCUT2D eigenvalue weighted by Gasteiger charge is 2.26. The fraction of sp³-hybridized carbons (Fsp3) is 0.462. The van der Waals surface area contributed by atoms with Gasteiger partial charge in [-0.15, -0.1) is 11.3 Å². The maximum Gasteiger partial charge on any atom is 0.244 e. The summed E-state index contributed by atoms with van der Waals surface area (Å²) in [4.78, 5) is 4.35. The molecule has 1 unspecified atom stereocenters. The standard InChI is InChI=1S/C13H19N3O3S2/c1-8(13-15-4-5-20-13)7-16-21(17,18)12-10(3)19-9(2)11(12)6-14/h4-5,8,16H,6-7,14H2,1-3H3. The molecule has 2 rings (SSSR count). The zero-order chi connectivity index (χ0) is 15.6. The van der Waals surface area contributed by atoms with Crippen molar-refractivity contribution >= 4 is 21.4 Å². The highest BCUT2D eigenvalue weighted by Crippen LogP contribution is 2.26. The lowest BCUT2D eigenvalue weighted by molar-refractivity contribution is 0.493. The SMILES string of the molecule is Cc1oc(C)c(S(=O)(=O)NCC(C)c2nccs2)c1CN. The quantitative estimate of drug-likeness (QED) is 0.843. The van der Waals surface area contributed by atoms with Crippen molar-refractivity contribution in [2.75, 3.05) is 6.54 Å². The molecule has 0 saturated carbocycles. The molecule has 0 aromatic carbocycles. The highest BCUT2D eigenvalue weighted by atomic mass is 32.2. The Morgan fingerprint density at radius 1 is 1.43 bits per heavy atom. The predicted molar refractivity (Wildman–Crippen MR) is 81.8 cm³/mol. The van der Waals surface area contributed by atoms with E-state index >= 15 is 0 Å². The molecule has 8 heteroatoms. The zero-order valence-corrected chi connectivity index (χ0v) is 13.8. The van der Waals surface area contributed by atoms with E-state index in [1.54, 1.807) is 20.0 Å². The summed E-state index contributed by atoms with van der Waals surface area (Å²) >= 11 is 1.51. The molecule has 2 aromatic rings. The Labute approximate surface area is 128 Å². The molecule has 21 heavy (non-hydrogen) atoms. The van der Waals surface area contributed by atoms with Gasteiger partial charge in [-0.2, -0.15) is 0 Å². The van der Waals surface area contributed by atoms with E-state index in [9.17, 15) is 8.42 Å². The number of sulfonamides is 1. The average molecular weight is 329 g/mol. The Balaban J connectivity index is 2.19. The van der Waals surface area contributed by atoms with Crippen molar-refractivity contribution in [3.8, 4) is 0 Å². The first-order valence-electron chi connectivity index (χ1n) is 6.54. The molecule has 0 aliphatic carbocycles. The second-order valence-electron chi connectivity index (χ2n) is 4.85. The molecule has 0 radical (unpaired) electrons. The van der Waals surface area contributed by atoms with E-state index in [0.29, 0.717) is 17.1 Å². The number of nitrogens with zero attached hydrogens (tertiary/aromatic N) is 1. The maximum absolute atomic E-state index is 12.5. The normalized spacial score (nSPS) is 13.5. The van der Waals surface area contributed by atoms with Gasteiger partial charge in [-0.3, -0.25) is 0 Å². The molecule has 3 N–H and O–H groups in total. The van der Waals surface area contributed by atoms with Gasteiger partial charge in [-0.25, -0.2) is 18.1 Å². The van der Waals surface area contributed by atoms with Gasteiger partial charge in [-0.1, -0.05) is 6.92 Å². The number of aromatic nitrogens is 1. The van der Waals surface area contributed by atoms with Crippen LogP contribution in [0.4, 0.5) is 0 Å². The fourth-order valence-electron chi connectivity index (χ4n) is 2.17. The fourth-order valence-corrected chi connectivity index (χ4v) is 4.45. The maximum atomic E-state index is 12.5. The van der Waals surface area contributed by atoms with Gasteiger partial charge in [0.2, 0.25) is 10.0 Å². The number of thiazole rings is 1. The predicted octanol–water partition coefficient (Wildman–Crippen LogP) is 1.89. The minimum Gasteiger partial charge on any atom is -0.465 e. The molecule has 116 valence electrons. The smallest absolute Gasteiger partial charge is 0.244 e. The van der Waals surface area contributed by atoms with Gasteiger partial charge in [0.15, 0.2) is 0 Å². The molecular formula is C13H19N3O3S2. The molecule has 0 aliphatic rings. The summed E-state index contributed by atoms with van der Waals surface area (Å²) in [5, 5.41) is 2.77. The van der Waals surface area contributed by atoms with Crippen LogP contribution in [0.25, 0.3) is 0 Å². The minimum absolute atomic E-state index is 0.00871. The average Bonchev–Trinajstić information content (AvgIpc) is 3.03. The summed E-state index contributed by atoms with van der Waals surface area (Å²) in [5.41, 5.74) is 6.16.